The van der Waals surface area contributed by atoms with Gasteiger partial charge in [-0.05, 0) is 64.3 Å². The summed E-state index contributed by atoms with van der Waals surface area (Å²) in [6.45, 7) is 13.0. The Morgan fingerprint density at radius 1 is 0.850 bits per heavy atom. The lowest BCUT2D eigenvalue weighted by molar-refractivity contribution is -0.139. The molecule has 3 amide bonds. The first-order valence-corrected chi connectivity index (χ1v) is 23.6. The molecule has 0 bridgehead atoms. The summed E-state index contributed by atoms with van der Waals surface area (Å²) in [5.74, 6) is -2.68. The summed E-state index contributed by atoms with van der Waals surface area (Å²) in [5.41, 5.74) is 6.52. The maximum Gasteiger partial charge on any atom is 0.424 e. The third kappa shape index (κ3) is 11.1. The number of ether oxygens (including phenoxy) is 1. The van der Waals surface area contributed by atoms with Gasteiger partial charge in [-0.2, -0.15) is 0 Å². The average molecular weight is 840 g/mol. The Hall–Kier alpha value is -5.31. The van der Waals surface area contributed by atoms with Crippen molar-refractivity contribution in [2.24, 2.45) is 5.92 Å². The molecular formula is C46H61N5O8Si. The van der Waals surface area contributed by atoms with Crippen molar-refractivity contribution in [3.05, 3.63) is 95.7 Å². The lowest BCUT2D eigenvalue weighted by atomic mass is 9.95. The number of carboxylic acid groups (broad SMARTS) is 1. The molecular weight excluding hydrogens is 779 g/mol. The van der Waals surface area contributed by atoms with E-state index in [1.54, 1.807) is 19.0 Å². The van der Waals surface area contributed by atoms with Gasteiger partial charge in [-0.25, -0.2) is 14.8 Å². The fourth-order valence-corrected chi connectivity index (χ4v) is 8.59. The van der Waals surface area contributed by atoms with Crippen LogP contribution in [0.25, 0.3) is 22.0 Å². The molecule has 60 heavy (non-hydrogen) atoms. The van der Waals surface area contributed by atoms with Crippen molar-refractivity contribution in [1.29, 1.82) is 0 Å². The predicted octanol–water partition coefficient (Wildman–Crippen LogP) is 7.34. The van der Waals surface area contributed by atoms with E-state index in [-0.39, 0.29) is 61.6 Å². The zero-order chi connectivity index (χ0) is 43.8. The van der Waals surface area contributed by atoms with Crippen molar-refractivity contribution in [2.45, 2.75) is 96.6 Å². The van der Waals surface area contributed by atoms with Crippen molar-refractivity contribution in [2.75, 3.05) is 33.8 Å². The summed E-state index contributed by atoms with van der Waals surface area (Å²) in [4.78, 5) is 64.1. The zero-order valence-electron chi connectivity index (χ0n) is 36.2. The molecule has 1 aliphatic rings. The highest BCUT2D eigenvalue weighted by Crippen LogP contribution is 2.44. The van der Waals surface area contributed by atoms with Gasteiger partial charge in [0.2, 0.25) is 11.8 Å². The minimum atomic E-state index is -2.47. The van der Waals surface area contributed by atoms with Gasteiger partial charge in [0.1, 0.15) is 18.5 Å². The maximum atomic E-state index is 13.4. The van der Waals surface area contributed by atoms with Crippen molar-refractivity contribution < 1.29 is 38.2 Å². The number of rotatable bonds is 20. The van der Waals surface area contributed by atoms with Crippen LogP contribution in [0.1, 0.15) is 76.1 Å². The number of fused-ring (bicyclic) bond motifs is 4. The van der Waals surface area contributed by atoms with Gasteiger partial charge in [0, 0.05) is 69.6 Å². The zero-order valence-corrected chi connectivity index (χ0v) is 37.2. The number of hydrogen-bond acceptors (Lipinski definition) is 8. The second-order valence-corrected chi connectivity index (χ2v) is 21.9. The summed E-state index contributed by atoms with van der Waals surface area (Å²) in [7, 11) is 1.04. The van der Waals surface area contributed by atoms with Gasteiger partial charge in [-0.3, -0.25) is 19.2 Å². The monoisotopic (exact) mass is 839 g/mol. The van der Waals surface area contributed by atoms with Crippen LogP contribution in [-0.4, -0.2) is 97.6 Å². The molecule has 1 aliphatic carbocycles. The Balaban J connectivity index is 1.13. The molecule has 0 unspecified atom stereocenters. The first kappa shape index (κ1) is 45.8. The highest BCUT2D eigenvalue weighted by atomic mass is 28.4. The van der Waals surface area contributed by atoms with Crippen molar-refractivity contribution in [3.8, 4) is 11.1 Å². The lowest BCUT2D eigenvalue weighted by Crippen LogP contribution is -2.52. The van der Waals surface area contributed by atoms with Gasteiger partial charge in [0.05, 0.1) is 13.0 Å². The molecule has 14 heteroatoms. The molecule has 1 aromatic heterocycles. The number of hydrogen-bond donors (Lipinski definition) is 3. The Morgan fingerprint density at radius 3 is 2.10 bits per heavy atom. The highest BCUT2D eigenvalue weighted by Gasteiger charge is 2.43. The smallest absolute Gasteiger partial charge is 0.424 e. The number of nitrogens with zero attached hydrogens (tertiary/aromatic N) is 3. The Kier molecular flexibility index (Phi) is 15.1. The summed E-state index contributed by atoms with van der Waals surface area (Å²) in [6, 6.07) is 26.5. The summed E-state index contributed by atoms with van der Waals surface area (Å²) < 4.78 is 14.4. The van der Waals surface area contributed by atoms with Crippen LogP contribution in [0.3, 0.4) is 0 Å². The van der Waals surface area contributed by atoms with E-state index in [4.69, 9.17) is 14.3 Å². The second-order valence-electron chi connectivity index (χ2n) is 17.2. The van der Waals surface area contributed by atoms with E-state index in [9.17, 15) is 24.0 Å². The molecule has 0 aliphatic heterocycles. The highest BCUT2D eigenvalue weighted by molar-refractivity contribution is 6.74. The summed E-state index contributed by atoms with van der Waals surface area (Å²) >= 11 is 0. The summed E-state index contributed by atoms with van der Waals surface area (Å²) in [5, 5.41) is 18.6. The standard InChI is InChI=1S/C46H61N5O8Si/c1-31(43(44(56)48-26-23-42(54)55)59-60(7,8)46(2,3)4)40(52)22-15-25-47-41(53)24-27-51-33(28-32-16-9-14-21-39(32)51)29-49(5)50(6)45(57)58-30-38-36-19-12-10-17-34(36)35-18-11-13-20-37(35)38/h9-14,16-21,28,31,38,43H,15,22-27,29-30H2,1-8H3,(H,47,53)(H,48,56)(H,54,55)/t31-,43-/m0/s1. The third-order valence-electron chi connectivity index (χ3n) is 12.0. The predicted molar refractivity (Wildman–Crippen MR) is 235 cm³/mol. The molecule has 3 aromatic carbocycles. The quantitative estimate of drug-likeness (QED) is 0.0470. The van der Waals surface area contributed by atoms with E-state index in [0.29, 0.717) is 19.5 Å². The largest absolute Gasteiger partial charge is 0.481 e. The topological polar surface area (TPSA) is 160 Å². The molecule has 13 nitrogen and oxygen atoms in total. The SMILES string of the molecule is C[C@@H](C(=O)CCCNC(=O)CCn1c(CN(C)N(C)C(=O)OCC2c3ccccc3-c3ccccc32)cc2ccccc21)[C@H](O[Si](C)(C)C(C)(C)C)C(=O)NCCC(=O)O. The number of carbonyl (C=O) groups excluding carboxylic acids is 4. The van der Waals surface area contributed by atoms with Gasteiger partial charge in [-0.1, -0.05) is 94.4 Å². The molecule has 0 saturated heterocycles. The minimum absolute atomic E-state index is 0.0477. The van der Waals surface area contributed by atoms with E-state index in [1.807, 2.05) is 89.4 Å². The Labute approximate surface area is 354 Å². The van der Waals surface area contributed by atoms with E-state index in [1.165, 1.54) is 16.1 Å². The van der Waals surface area contributed by atoms with Crippen LogP contribution in [0.15, 0.2) is 78.9 Å². The van der Waals surface area contributed by atoms with Crippen LogP contribution in [0.5, 0.6) is 0 Å². The number of para-hydroxylation sites is 1. The molecule has 3 N–H and O–H groups in total. The average Bonchev–Trinajstić information content (AvgIpc) is 3.72. The van der Waals surface area contributed by atoms with Crippen LogP contribution in [0.2, 0.25) is 18.1 Å². The summed E-state index contributed by atoms with van der Waals surface area (Å²) in [6.07, 6.45) is -1.04. The molecule has 0 fully saturated rings. The van der Waals surface area contributed by atoms with Gasteiger partial charge < -0.3 is 29.5 Å². The van der Waals surface area contributed by atoms with Crippen molar-refractivity contribution in [3.63, 3.8) is 0 Å². The lowest BCUT2D eigenvalue weighted by Gasteiger charge is -2.40. The van der Waals surface area contributed by atoms with E-state index in [2.05, 4.69) is 45.5 Å². The number of nitrogens with one attached hydrogen (secondary N) is 2. The Bertz CT molecular complexity index is 2130. The van der Waals surface area contributed by atoms with E-state index in [0.717, 1.165) is 27.7 Å². The number of hydrazine groups is 1. The number of Topliss-reactive ketones (excluding diaryl/α,β-unsaturated/α-hetero) is 1. The molecule has 0 spiro atoms. The Morgan fingerprint density at radius 2 is 1.47 bits per heavy atom. The van der Waals surface area contributed by atoms with Gasteiger partial charge in [-0.15, -0.1) is 0 Å². The molecule has 1 heterocycles. The van der Waals surface area contributed by atoms with Gasteiger partial charge >= 0.3 is 12.1 Å². The van der Waals surface area contributed by atoms with Crippen molar-refractivity contribution >= 4 is 48.9 Å². The number of aliphatic carboxylic acids is 1. The van der Waals surface area contributed by atoms with Crippen LogP contribution >= 0.6 is 0 Å². The van der Waals surface area contributed by atoms with E-state index >= 15 is 0 Å². The van der Waals surface area contributed by atoms with E-state index < -0.39 is 38.3 Å². The molecule has 0 saturated carbocycles. The van der Waals surface area contributed by atoms with Crippen molar-refractivity contribution in [1.82, 2.24) is 25.2 Å². The molecule has 4 aromatic rings. The number of benzene rings is 3. The van der Waals surface area contributed by atoms with Gasteiger partial charge in [0.25, 0.3) is 0 Å². The fourth-order valence-electron chi connectivity index (χ4n) is 7.29. The number of aromatic nitrogens is 1. The van der Waals surface area contributed by atoms with Gasteiger partial charge in [0.15, 0.2) is 8.32 Å². The number of aryl methyl sites for hydroxylation is 1. The number of carboxylic acids is 1. The third-order valence-corrected chi connectivity index (χ3v) is 16.4. The molecule has 5 rings (SSSR count). The molecule has 322 valence electrons. The normalized spacial score (nSPS) is 13.7. The molecule has 0 radical (unpaired) electrons. The van der Waals surface area contributed by atoms with Crippen LogP contribution < -0.4 is 10.6 Å². The number of ketones is 1. The first-order valence-electron chi connectivity index (χ1n) is 20.7. The second kappa shape index (κ2) is 19.8. The fraction of sp³-hybridized carbons (Fsp3) is 0.457. The molecule has 2 atom stereocenters. The van der Waals surface area contributed by atoms with Crippen LogP contribution in [0.4, 0.5) is 4.79 Å². The number of amides is 3. The van der Waals surface area contributed by atoms with Crippen LogP contribution in [0, 0.1) is 5.92 Å². The van der Waals surface area contributed by atoms with Crippen LogP contribution in [-0.2, 0) is 41.4 Å². The number of carbonyl (C=O) groups is 5. The minimum Gasteiger partial charge on any atom is -0.481 e. The first-order chi connectivity index (χ1) is 28.4. The maximum absolute atomic E-state index is 13.4.